The molecule has 0 radical (unpaired) electrons. The number of aromatic nitrogens is 6. The molecule has 12 aromatic carbocycles. The topological polar surface area (TPSA) is 123 Å². The molecule has 0 unspecified atom stereocenters. The largest absolute Gasteiger partial charge is 0.493 e. The van der Waals surface area contributed by atoms with Crippen LogP contribution in [0.4, 0.5) is 81.1 Å². The van der Waals surface area contributed by atoms with Crippen molar-refractivity contribution in [1.29, 1.82) is 0 Å². The highest BCUT2D eigenvalue weighted by Crippen LogP contribution is 2.44. The van der Waals surface area contributed by atoms with Crippen LogP contribution in [0.2, 0.25) is 0 Å². The number of halogens is 12. The molecule has 0 bridgehead atoms. The van der Waals surface area contributed by atoms with Crippen LogP contribution in [0.25, 0.3) is 44.3 Å². The van der Waals surface area contributed by atoms with Crippen molar-refractivity contribution in [3.63, 3.8) is 0 Å². The van der Waals surface area contributed by atoms with Crippen molar-refractivity contribution in [2.45, 2.75) is 13.1 Å². The third kappa shape index (κ3) is 16.5. The quantitative estimate of drug-likeness (QED) is 0.0327. The monoisotopic (exact) mass is 1490 g/mol. The number of fused-ring (bicyclic) bond motifs is 2. The van der Waals surface area contributed by atoms with E-state index in [1.54, 1.807) is 0 Å². The van der Waals surface area contributed by atoms with Crippen molar-refractivity contribution in [3.05, 3.63) is 319 Å². The van der Waals surface area contributed by atoms with Crippen LogP contribution in [0, 0.1) is 80.6 Å². The first-order valence-corrected chi connectivity index (χ1v) is 33.7. The van der Waals surface area contributed by atoms with Gasteiger partial charge in [-0.05, 0) is 145 Å². The zero-order valence-corrected chi connectivity index (χ0v) is 57.4. The van der Waals surface area contributed by atoms with Crippen molar-refractivity contribution >= 4 is 50.5 Å². The van der Waals surface area contributed by atoms with Gasteiger partial charge in [-0.15, -0.1) is 0 Å². The van der Waals surface area contributed by atoms with E-state index in [1.807, 2.05) is 156 Å². The van der Waals surface area contributed by atoms with Gasteiger partial charge in [-0.3, -0.25) is 0 Å². The minimum atomic E-state index is -1.72. The number of hydrogen-bond acceptors (Lipinski definition) is 11. The van der Waals surface area contributed by atoms with Crippen LogP contribution in [-0.4, -0.2) is 66.8 Å². The fourth-order valence-corrected chi connectivity index (χ4v) is 12.3. The first-order chi connectivity index (χ1) is 52.7. The van der Waals surface area contributed by atoms with E-state index >= 15 is 26.3 Å². The number of benzene rings is 12. The molecule has 0 spiro atoms. The smallest absolute Gasteiger partial charge is 0.178 e. The molecule has 109 heavy (non-hydrogen) atoms. The number of nitrogens with zero attached hydrogens (tertiary/aromatic N) is 8. The summed E-state index contributed by atoms with van der Waals surface area (Å²) in [6.07, 6.45) is 0. The minimum Gasteiger partial charge on any atom is -0.493 e. The van der Waals surface area contributed by atoms with Gasteiger partial charge in [-0.2, -0.15) is 30.0 Å². The van der Waals surface area contributed by atoms with Crippen molar-refractivity contribution in [2.24, 2.45) is 10.8 Å². The second-order valence-electron chi connectivity index (χ2n) is 25.8. The number of rotatable bonds is 29. The maximum Gasteiger partial charge on any atom is 0.178 e. The minimum absolute atomic E-state index is 0.144. The zero-order chi connectivity index (χ0) is 75.9. The Balaban J connectivity index is 0.996. The Bertz CT molecular complexity index is 5040. The molecule has 14 rings (SSSR count). The molecule has 2 heterocycles. The Labute approximate surface area is 614 Å². The third-order valence-corrected chi connectivity index (χ3v) is 18.0. The van der Waals surface area contributed by atoms with Crippen LogP contribution in [0.5, 0.6) is 34.5 Å². The van der Waals surface area contributed by atoms with E-state index in [2.05, 4.69) is 0 Å². The fourth-order valence-electron chi connectivity index (χ4n) is 12.3. The van der Waals surface area contributed by atoms with Crippen LogP contribution >= 0.6 is 0 Å². The summed E-state index contributed by atoms with van der Waals surface area (Å²) in [4.78, 5) is 6.52. The Morgan fingerprint density at radius 3 is 0.972 bits per heavy atom. The lowest BCUT2D eigenvalue weighted by Gasteiger charge is -2.32. The van der Waals surface area contributed by atoms with Gasteiger partial charge in [0.15, 0.2) is 76.4 Å². The molecule has 14 nitrogen and oxygen atoms in total. The summed E-state index contributed by atoms with van der Waals surface area (Å²) in [5.74, 6) is -15.9. The van der Waals surface area contributed by atoms with E-state index in [9.17, 15) is 26.3 Å². The summed E-state index contributed by atoms with van der Waals surface area (Å²) in [6, 6.07) is 60.1. The molecule has 0 aliphatic heterocycles. The van der Waals surface area contributed by atoms with Gasteiger partial charge < -0.3 is 38.2 Å². The molecular formula is C83H60F12N8O6. The van der Waals surface area contributed by atoms with Gasteiger partial charge in [0.05, 0.1) is 12.0 Å². The first kappa shape index (κ1) is 72.9. The average molecular weight is 1490 g/mol. The lowest BCUT2D eigenvalue weighted by molar-refractivity contribution is -0.814. The highest BCUT2D eigenvalue weighted by atomic mass is 19.2. The van der Waals surface area contributed by atoms with Crippen LogP contribution in [-0.2, 0) is 13.1 Å². The summed E-state index contributed by atoms with van der Waals surface area (Å²) in [7, 11) is 1.88. The normalized spacial score (nSPS) is 11.6. The number of ether oxygens (including phenoxy) is 6. The standard InChI is InChI=1S/C83H60F12N8O6/c1-100(53-11-5-2-6-12-53)54-21-17-51(18-22-54)76-78-80(98-101(96-78)43-82(45-104-58-25-31-64(84)70(90)37-58,46-105-59-26-32-65(85)71(91)38-59)47-106-60-27-33-66(86)72(92)39-60)77(52-19-23-57(24-20-52)103(55-13-7-3-8-14-55)56-15-9-4-10-16-56)81-79(76)97-102(99-81)44-83(48-107-61-28-34-67(87)73(93)40-61,49-108-62-29-35-68(88)74(94)41-62)50-109-63-30-36-69(89)75(95)42-63/h2-42H,43-50H2,1H3. The van der Waals surface area contributed by atoms with E-state index in [0.29, 0.717) is 16.8 Å². The first-order valence-electron chi connectivity index (χ1n) is 33.7. The lowest BCUT2D eigenvalue weighted by Crippen LogP contribution is -2.55. The van der Waals surface area contributed by atoms with Gasteiger partial charge in [-0.25, -0.2) is 52.7 Å². The maximum absolute atomic E-state index is 15.1. The van der Waals surface area contributed by atoms with Gasteiger partial charge in [0.1, 0.15) is 90.6 Å². The molecule has 0 saturated heterocycles. The second-order valence-corrected chi connectivity index (χ2v) is 25.8. The van der Waals surface area contributed by atoms with Gasteiger partial charge in [0.2, 0.25) is 0 Å². The molecule has 0 N–H and O–H groups in total. The van der Waals surface area contributed by atoms with Crippen LogP contribution in [0.1, 0.15) is 0 Å². The van der Waals surface area contributed by atoms with E-state index < -0.39 is 133 Å². The molecule has 2 aromatic heterocycles. The van der Waals surface area contributed by atoms with Gasteiger partial charge in [0.25, 0.3) is 0 Å². The zero-order valence-electron chi connectivity index (χ0n) is 57.4. The number of anilines is 5. The highest BCUT2D eigenvalue weighted by molar-refractivity contribution is 6.16. The van der Waals surface area contributed by atoms with E-state index in [4.69, 9.17) is 48.8 Å². The second kappa shape index (κ2) is 31.6. The summed E-state index contributed by atoms with van der Waals surface area (Å²) >= 11 is 0. The summed E-state index contributed by atoms with van der Waals surface area (Å²) in [5.41, 5.74) is 2.51. The van der Waals surface area contributed by atoms with E-state index in [1.165, 1.54) is 9.59 Å². The molecule has 0 amide bonds. The average Bonchev–Trinajstić information content (AvgIpc) is 1.58. The Kier molecular flexibility index (Phi) is 21.1. The molecule has 0 saturated carbocycles. The summed E-state index contributed by atoms with van der Waals surface area (Å²) < 4.78 is 215. The van der Waals surface area contributed by atoms with E-state index in [0.717, 1.165) is 132 Å². The van der Waals surface area contributed by atoms with Gasteiger partial charge in [0, 0.05) is 94.0 Å². The van der Waals surface area contributed by atoms with Crippen molar-refractivity contribution in [1.82, 2.24) is 25.2 Å². The molecule has 14 aromatic rings. The Hall–Kier alpha value is -13.0. The van der Waals surface area contributed by atoms with Crippen molar-refractivity contribution < 1.29 is 85.9 Å². The van der Waals surface area contributed by atoms with Gasteiger partial charge in [-0.1, -0.05) is 78.9 Å². The molecule has 552 valence electrons. The lowest BCUT2D eigenvalue weighted by atomic mass is 9.91. The predicted octanol–water partition coefficient (Wildman–Crippen LogP) is 18.9. The van der Waals surface area contributed by atoms with Crippen molar-refractivity contribution in [3.8, 4) is 56.8 Å². The molecule has 0 aliphatic carbocycles. The number of hydrogen-bond donors (Lipinski definition) is 0. The van der Waals surface area contributed by atoms with Gasteiger partial charge >= 0.3 is 0 Å². The maximum atomic E-state index is 15.1. The summed E-state index contributed by atoms with van der Waals surface area (Å²) in [6.45, 7) is -4.23. The summed E-state index contributed by atoms with van der Waals surface area (Å²) in [5, 5.41) is 21.1. The van der Waals surface area contributed by atoms with Crippen LogP contribution < -0.4 is 48.1 Å². The molecule has 0 fully saturated rings. The molecule has 0 atom stereocenters. The SMILES string of the molecule is CN(c1ccccc1)c1ccc(-c2c3nn(CC(COc4ccc(F)c(F)c4)(COc4ccc(F)c(F)c4)COc4ccc(F)c(F)c4)nc3c(-c3ccc(N(c4ccccc4)c4ccccc4)cc3)c3n[n+](CC(COc4ccc(F)c(F)c4)(COc4ccc(F)c(F)c4)COc4ccc(F)c(F)c4)[n-]c23)cc1. The van der Waals surface area contributed by atoms with Crippen LogP contribution in [0.15, 0.2) is 249 Å². The molecule has 0 aliphatic rings. The van der Waals surface area contributed by atoms with E-state index in [-0.39, 0.29) is 67.7 Å². The number of para-hydroxylation sites is 3. The Morgan fingerprint density at radius 2 is 0.624 bits per heavy atom. The molecule has 26 heteroatoms. The molecular weight excluding hydrogens is 1430 g/mol. The fraction of sp³-hybridized carbons (Fsp3) is 0.133. The Morgan fingerprint density at radius 1 is 0.330 bits per heavy atom. The highest BCUT2D eigenvalue weighted by Gasteiger charge is 2.41. The third-order valence-electron chi connectivity index (χ3n) is 18.0. The van der Waals surface area contributed by atoms with Crippen molar-refractivity contribution in [2.75, 3.05) is 56.5 Å². The van der Waals surface area contributed by atoms with Crippen LogP contribution in [0.3, 0.4) is 0 Å². The predicted molar refractivity (Wildman–Crippen MR) is 382 cm³/mol.